The van der Waals surface area contributed by atoms with Crippen LogP contribution in [0.4, 0.5) is 0 Å². The number of carbonyl (C=O) groups is 5. The topological polar surface area (TPSA) is 214 Å². The molecule has 0 radical (unpaired) electrons. The van der Waals surface area contributed by atoms with Gasteiger partial charge in [-0.05, 0) is 25.4 Å². The Morgan fingerprint density at radius 2 is 1.46 bits per heavy atom. The van der Waals surface area contributed by atoms with Gasteiger partial charge in [0.2, 0.25) is 23.6 Å². The Hall–Kier alpha value is -2.38. The number of hydrogen-bond donors (Lipinski definition) is 7. The fourth-order valence-electron chi connectivity index (χ4n) is 1.95. The number of aliphatic hydroxyl groups excluding tert-OH is 1. The lowest BCUT2D eigenvalue weighted by molar-refractivity contribution is -0.144. The van der Waals surface area contributed by atoms with Gasteiger partial charge in [-0.1, -0.05) is 0 Å². The molecule has 4 atom stereocenters. The molecule has 0 spiro atoms. The molecule has 0 rings (SSSR count). The molecule has 0 bridgehead atoms. The van der Waals surface area contributed by atoms with Crippen molar-refractivity contribution in [2.75, 3.05) is 18.6 Å². The molecule has 28 heavy (non-hydrogen) atoms. The minimum absolute atomic E-state index is 0.241. The maximum absolute atomic E-state index is 12.4. The molecule has 0 aliphatic carbocycles. The number of carboxylic acids is 1. The van der Waals surface area contributed by atoms with E-state index in [2.05, 4.69) is 10.6 Å². The van der Waals surface area contributed by atoms with E-state index in [1.54, 1.807) is 6.26 Å². The molecule has 4 unspecified atom stereocenters. The Kier molecular flexibility index (Phi) is 11.8. The second-order valence-corrected chi connectivity index (χ2v) is 6.93. The highest BCUT2D eigenvalue weighted by Crippen LogP contribution is 2.03. The molecule has 0 aliphatic heterocycles. The van der Waals surface area contributed by atoms with Gasteiger partial charge in [0.25, 0.3) is 0 Å². The average molecular weight is 421 g/mol. The van der Waals surface area contributed by atoms with Crippen LogP contribution in [-0.4, -0.2) is 82.6 Å². The fraction of sp³-hybridized carbons (Fsp3) is 0.667. The number of nitrogens with two attached hydrogens (primary N) is 2. The quantitative estimate of drug-likeness (QED) is 0.157. The summed E-state index contributed by atoms with van der Waals surface area (Å²) in [6.45, 7) is 0.602. The maximum Gasteiger partial charge on any atom is 0.326 e. The first-order valence-corrected chi connectivity index (χ1v) is 9.70. The highest BCUT2D eigenvalue weighted by Gasteiger charge is 2.30. The van der Waals surface area contributed by atoms with Gasteiger partial charge in [-0.3, -0.25) is 19.2 Å². The van der Waals surface area contributed by atoms with Gasteiger partial charge < -0.3 is 37.6 Å². The van der Waals surface area contributed by atoms with Crippen LogP contribution in [0.2, 0.25) is 0 Å². The van der Waals surface area contributed by atoms with Gasteiger partial charge in [-0.15, -0.1) is 0 Å². The lowest BCUT2D eigenvalue weighted by atomic mass is 10.1. The SMILES string of the molecule is CSCCC(NC(=O)C(C)N)C(=O)NC(CO)C(=O)NC(CC(N)=O)C(=O)O. The summed E-state index contributed by atoms with van der Waals surface area (Å²) in [5.74, 6) is -4.28. The van der Waals surface area contributed by atoms with Crippen LogP contribution in [0.1, 0.15) is 19.8 Å². The number of aliphatic carboxylic acids is 1. The Bertz CT molecular complexity index is 587. The van der Waals surface area contributed by atoms with Crippen LogP contribution in [0.3, 0.4) is 0 Å². The van der Waals surface area contributed by atoms with Crippen molar-refractivity contribution in [1.82, 2.24) is 16.0 Å². The maximum atomic E-state index is 12.4. The standard InChI is InChI=1S/C15H27N5O7S/c1-7(16)12(23)18-8(3-4-28-2)13(24)20-10(6-21)14(25)19-9(15(26)27)5-11(17)22/h7-10,21H,3-6,16H2,1-2H3,(H2,17,22)(H,18,23)(H,19,25)(H,20,24)(H,26,27). The van der Waals surface area contributed by atoms with E-state index in [1.807, 2.05) is 5.32 Å². The Morgan fingerprint density at radius 1 is 0.964 bits per heavy atom. The number of rotatable bonds is 13. The zero-order chi connectivity index (χ0) is 21.9. The van der Waals surface area contributed by atoms with Crippen LogP contribution in [0.5, 0.6) is 0 Å². The number of nitrogens with one attached hydrogen (secondary N) is 3. The molecule has 0 saturated carbocycles. The summed E-state index contributed by atoms with van der Waals surface area (Å²) in [6, 6.07) is -4.97. The number of primary amides is 1. The largest absolute Gasteiger partial charge is 0.480 e. The molecule has 0 aromatic carbocycles. The van der Waals surface area contributed by atoms with Crippen molar-refractivity contribution in [3.8, 4) is 0 Å². The summed E-state index contributed by atoms with van der Waals surface area (Å²) < 4.78 is 0. The summed E-state index contributed by atoms with van der Waals surface area (Å²) in [4.78, 5) is 58.3. The van der Waals surface area contributed by atoms with E-state index in [-0.39, 0.29) is 6.42 Å². The van der Waals surface area contributed by atoms with Crippen LogP contribution in [-0.2, 0) is 24.0 Å². The molecule has 9 N–H and O–H groups in total. The summed E-state index contributed by atoms with van der Waals surface area (Å²) >= 11 is 1.43. The minimum Gasteiger partial charge on any atom is -0.480 e. The molecule has 160 valence electrons. The van der Waals surface area contributed by atoms with Crippen LogP contribution in [0.15, 0.2) is 0 Å². The number of hydrogen-bond acceptors (Lipinski definition) is 8. The highest BCUT2D eigenvalue weighted by atomic mass is 32.2. The lowest BCUT2D eigenvalue weighted by Gasteiger charge is -2.23. The number of carboxylic acid groups (broad SMARTS) is 1. The normalized spacial score (nSPS) is 14.9. The molecule has 0 aromatic rings. The number of carbonyl (C=O) groups excluding carboxylic acids is 4. The van der Waals surface area contributed by atoms with E-state index in [9.17, 15) is 29.1 Å². The van der Waals surface area contributed by atoms with Crippen molar-refractivity contribution < 1.29 is 34.2 Å². The van der Waals surface area contributed by atoms with Gasteiger partial charge in [-0.2, -0.15) is 11.8 Å². The molecule has 0 aliphatic rings. The molecular weight excluding hydrogens is 394 g/mol. The first kappa shape index (κ1) is 25.6. The molecule has 0 heterocycles. The highest BCUT2D eigenvalue weighted by molar-refractivity contribution is 7.98. The molecule has 13 heteroatoms. The molecule has 0 fully saturated rings. The van der Waals surface area contributed by atoms with E-state index in [1.165, 1.54) is 18.7 Å². The van der Waals surface area contributed by atoms with Crippen LogP contribution >= 0.6 is 11.8 Å². The summed E-state index contributed by atoms with van der Waals surface area (Å²) in [5.41, 5.74) is 10.4. The third kappa shape index (κ3) is 9.53. The Morgan fingerprint density at radius 3 is 1.89 bits per heavy atom. The monoisotopic (exact) mass is 421 g/mol. The van der Waals surface area contributed by atoms with E-state index in [4.69, 9.17) is 16.6 Å². The fourth-order valence-corrected chi connectivity index (χ4v) is 2.42. The minimum atomic E-state index is -1.61. The van der Waals surface area contributed by atoms with Crippen molar-refractivity contribution in [2.24, 2.45) is 11.5 Å². The second-order valence-electron chi connectivity index (χ2n) is 5.94. The molecule has 4 amide bonds. The van der Waals surface area contributed by atoms with Crippen LogP contribution in [0, 0.1) is 0 Å². The van der Waals surface area contributed by atoms with Crippen molar-refractivity contribution in [2.45, 2.75) is 43.9 Å². The number of amides is 4. The smallest absolute Gasteiger partial charge is 0.326 e. The van der Waals surface area contributed by atoms with Crippen LogP contribution < -0.4 is 27.4 Å². The van der Waals surface area contributed by atoms with Crippen molar-refractivity contribution in [3.63, 3.8) is 0 Å². The third-order valence-corrected chi connectivity index (χ3v) is 4.14. The average Bonchev–Trinajstić information content (AvgIpc) is 2.61. The van der Waals surface area contributed by atoms with Gasteiger partial charge in [0.15, 0.2) is 0 Å². The van der Waals surface area contributed by atoms with Gasteiger partial charge in [0.05, 0.1) is 19.1 Å². The Labute approximate surface area is 166 Å². The predicted octanol–water partition coefficient (Wildman–Crippen LogP) is -3.51. The van der Waals surface area contributed by atoms with Gasteiger partial charge >= 0.3 is 5.97 Å². The van der Waals surface area contributed by atoms with Crippen molar-refractivity contribution >= 4 is 41.4 Å². The van der Waals surface area contributed by atoms with E-state index >= 15 is 0 Å². The number of thioether (sulfide) groups is 1. The van der Waals surface area contributed by atoms with Gasteiger partial charge in [0.1, 0.15) is 18.1 Å². The summed E-state index contributed by atoms with van der Waals surface area (Å²) in [5, 5.41) is 25.1. The Balaban J connectivity index is 5.11. The summed E-state index contributed by atoms with van der Waals surface area (Å²) in [7, 11) is 0. The van der Waals surface area contributed by atoms with E-state index in [0.29, 0.717) is 5.75 Å². The predicted molar refractivity (Wildman–Crippen MR) is 101 cm³/mol. The van der Waals surface area contributed by atoms with Crippen LogP contribution in [0.25, 0.3) is 0 Å². The molecular formula is C15H27N5O7S. The zero-order valence-electron chi connectivity index (χ0n) is 15.6. The number of aliphatic hydroxyl groups is 1. The first-order chi connectivity index (χ1) is 13.0. The lowest BCUT2D eigenvalue weighted by Crippen LogP contribution is -2.58. The van der Waals surface area contributed by atoms with Gasteiger partial charge in [0, 0.05) is 0 Å². The van der Waals surface area contributed by atoms with E-state index < -0.39 is 66.8 Å². The first-order valence-electron chi connectivity index (χ1n) is 8.31. The molecule has 12 nitrogen and oxygen atoms in total. The van der Waals surface area contributed by atoms with Crippen molar-refractivity contribution in [1.29, 1.82) is 0 Å². The van der Waals surface area contributed by atoms with E-state index in [0.717, 1.165) is 0 Å². The third-order valence-electron chi connectivity index (χ3n) is 3.49. The zero-order valence-corrected chi connectivity index (χ0v) is 16.5. The summed E-state index contributed by atoms with van der Waals surface area (Å²) in [6.07, 6.45) is 1.38. The van der Waals surface area contributed by atoms with Gasteiger partial charge in [-0.25, -0.2) is 4.79 Å². The van der Waals surface area contributed by atoms with Crippen molar-refractivity contribution in [3.05, 3.63) is 0 Å². The molecule has 0 saturated heterocycles. The molecule has 0 aromatic heterocycles. The second kappa shape index (κ2) is 12.9.